The quantitative estimate of drug-likeness (QED) is 0.476. The third-order valence-corrected chi connectivity index (χ3v) is 4.93. The molecule has 0 amide bonds. The first-order valence-corrected chi connectivity index (χ1v) is 8.54. The summed E-state index contributed by atoms with van der Waals surface area (Å²) in [6.45, 7) is 2.38. The number of rotatable bonds is 3. The molecule has 0 N–H and O–H groups in total. The molecule has 0 fully saturated rings. The van der Waals surface area contributed by atoms with E-state index in [0.717, 1.165) is 18.4 Å². The minimum absolute atomic E-state index is 0.130. The highest BCUT2D eigenvalue weighted by molar-refractivity contribution is 5.74. The second kappa shape index (κ2) is 6.11. The van der Waals surface area contributed by atoms with Gasteiger partial charge in [-0.3, -0.25) is 10.1 Å². The molecule has 24 heavy (non-hydrogen) atoms. The van der Waals surface area contributed by atoms with Crippen LogP contribution >= 0.6 is 0 Å². The lowest BCUT2D eigenvalue weighted by molar-refractivity contribution is -0.384. The van der Waals surface area contributed by atoms with Crippen LogP contribution in [0.4, 0.5) is 11.4 Å². The Kier molecular flexibility index (Phi) is 3.81. The summed E-state index contributed by atoms with van der Waals surface area (Å²) in [6, 6.07) is 11.3. The maximum Gasteiger partial charge on any atom is 0.269 e. The molecule has 2 heterocycles. The van der Waals surface area contributed by atoms with Gasteiger partial charge in [0.05, 0.1) is 4.92 Å². The topological polar surface area (TPSA) is 46.4 Å². The second-order valence-corrected chi connectivity index (χ2v) is 6.56. The fourth-order valence-corrected chi connectivity index (χ4v) is 3.83. The van der Waals surface area contributed by atoms with E-state index >= 15 is 0 Å². The molecule has 2 aromatic carbocycles. The van der Waals surface area contributed by atoms with Crippen molar-refractivity contribution < 1.29 is 4.92 Å². The summed E-state index contributed by atoms with van der Waals surface area (Å²) in [6.07, 6.45) is 8.95. The first-order chi connectivity index (χ1) is 11.7. The van der Waals surface area contributed by atoms with Crippen LogP contribution in [-0.2, 0) is 12.8 Å². The highest BCUT2D eigenvalue weighted by Crippen LogP contribution is 2.36. The molecule has 2 aliphatic rings. The second-order valence-electron chi connectivity index (χ2n) is 6.56. The van der Waals surface area contributed by atoms with Gasteiger partial charge in [-0.25, -0.2) is 0 Å². The molecule has 0 saturated heterocycles. The zero-order valence-corrected chi connectivity index (χ0v) is 13.6. The predicted molar refractivity (Wildman–Crippen MR) is 97.3 cm³/mol. The van der Waals surface area contributed by atoms with Crippen molar-refractivity contribution in [3.63, 3.8) is 0 Å². The van der Waals surface area contributed by atoms with Crippen LogP contribution in [0.2, 0.25) is 0 Å². The molecule has 4 nitrogen and oxygen atoms in total. The summed E-state index contributed by atoms with van der Waals surface area (Å²) in [7, 11) is 0. The molecule has 0 radical (unpaired) electrons. The average molecular weight is 320 g/mol. The Morgan fingerprint density at radius 2 is 1.50 bits per heavy atom. The van der Waals surface area contributed by atoms with Crippen LogP contribution in [0, 0.1) is 10.1 Å². The molecule has 0 unspecified atom stereocenters. The summed E-state index contributed by atoms with van der Waals surface area (Å²) >= 11 is 0. The van der Waals surface area contributed by atoms with Crippen molar-refractivity contribution in [1.82, 2.24) is 0 Å². The molecule has 0 aromatic heterocycles. The third-order valence-electron chi connectivity index (χ3n) is 4.93. The average Bonchev–Trinajstić information content (AvgIpc) is 2.61. The van der Waals surface area contributed by atoms with Crippen LogP contribution in [0.15, 0.2) is 36.4 Å². The molecule has 0 aliphatic carbocycles. The summed E-state index contributed by atoms with van der Waals surface area (Å²) in [5, 5.41) is 10.7. The Morgan fingerprint density at radius 1 is 0.917 bits per heavy atom. The Bertz CT molecular complexity index is 778. The summed E-state index contributed by atoms with van der Waals surface area (Å²) in [5.41, 5.74) is 6.77. The van der Waals surface area contributed by atoms with Crippen molar-refractivity contribution >= 4 is 23.5 Å². The van der Waals surface area contributed by atoms with E-state index in [1.54, 1.807) is 24.3 Å². The zero-order chi connectivity index (χ0) is 16.5. The maximum atomic E-state index is 10.7. The molecule has 0 atom stereocenters. The van der Waals surface area contributed by atoms with E-state index in [0.29, 0.717) is 0 Å². The van der Waals surface area contributed by atoms with Crippen molar-refractivity contribution in [2.45, 2.75) is 25.7 Å². The molecule has 0 bridgehead atoms. The van der Waals surface area contributed by atoms with Gasteiger partial charge in [-0.2, -0.15) is 0 Å². The largest absolute Gasteiger partial charge is 0.371 e. The number of aryl methyl sites for hydroxylation is 2. The minimum Gasteiger partial charge on any atom is -0.371 e. The van der Waals surface area contributed by atoms with Crippen molar-refractivity contribution in [1.29, 1.82) is 0 Å². The van der Waals surface area contributed by atoms with Gasteiger partial charge in [0.15, 0.2) is 0 Å². The van der Waals surface area contributed by atoms with Gasteiger partial charge < -0.3 is 4.90 Å². The number of anilines is 1. The van der Waals surface area contributed by atoms with Crippen LogP contribution in [0.3, 0.4) is 0 Å². The van der Waals surface area contributed by atoms with Gasteiger partial charge in [0, 0.05) is 30.9 Å². The van der Waals surface area contributed by atoms with Gasteiger partial charge >= 0.3 is 0 Å². The highest BCUT2D eigenvalue weighted by atomic mass is 16.6. The maximum absolute atomic E-state index is 10.7. The molecular weight excluding hydrogens is 300 g/mol. The molecular formula is C20H20N2O2. The van der Waals surface area contributed by atoms with Crippen LogP contribution in [-0.4, -0.2) is 18.0 Å². The van der Waals surface area contributed by atoms with E-state index in [-0.39, 0.29) is 10.6 Å². The van der Waals surface area contributed by atoms with E-state index in [1.807, 2.05) is 6.08 Å². The monoisotopic (exact) mass is 320 g/mol. The van der Waals surface area contributed by atoms with Crippen LogP contribution < -0.4 is 4.90 Å². The fourth-order valence-electron chi connectivity index (χ4n) is 3.83. The van der Waals surface area contributed by atoms with Crippen LogP contribution in [0.1, 0.15) is 35.1 Å². The van der Waals surface area contributed by atoms with Crippen molar-refractivity contribution in [3.05, 3.63) is 68.8 Å². The SMILES string of the molecule is O=[N+]([O-])c1ccc(/C=C/c2cc3c4c(c2)CCCN4CCC3)cc1. The number of non-ortho nitro benzene ring substituents is 1. The standard InChI is InChI=1S/C20H20N2O2/c23-22(24)19-9-7-15(8-10-19)5-6-16-13-17-3-1-11-21-12-2-4-18(14-16)20(17)21/h5-10,13-14H,1-4,11-12H2/b6-5+. The lowest BCUT2D eigenvalue weighted by Gasteiger charge is -2.37. The first-order valence-electron chi connectivity index (χ1n) is 8.54. The van der Waals surface area contributed by atoms with Gasteiger partial charge in [-0.1, -0.05) is 12.2 Å². The Hall–Kier alpha value is -2.62. The van der Waals surface area contributed by atoms with E-state index in [4.69, 9.17) is 0 Å². The summed E-state index contributed by atoms with van der Waals surface area (Å²) in [4.78, 5) is 12.9. The van der Waals surface area contributed by atoms with E-state index < -0.39 is 0 Å². The highest BCUT2D eigenvalue weighted by Gasteiger charge is 2.23. The molecule has 2 aromatic rings. The van der Waals surface area contributed by atoms with Crippen molar-refractivity contribution in [2.75, 3.05) is 18.0 Å². The molecule has 2 aliphatic heterocycles. The molecule has 4 heteroatoms. The van der Waals surface area contributed by atoms with E-state index in [1.165, 1.54) is 48.3 Å². The fraction of sp³-hybridized carbons (Fsp3) is 0.300. The van der Waals surface area contributed by atoms with Gasteiger partial charge in [0.25, 0.3) is 5.69 Å². The van der Waals surface area contributed by atoms with Crippen molar-refractivity contribution in [2.24, 2.45) is 0 Å². The number of hydrogen-bond donors (Lipinski definition) is 0. The molecule has 4 rings (SSSR count). The van der Waals surface area contributed by atoms with Gasteiger partial charge in [0.2, 0.25) is 0 Å². The number of nitro groups is 1. The first kappa shape index (κ1) is 14.9. The Labute approximate surface area is 141 Å². The predicted octanol–water partition coefficient (Wildman–Crippen LogP) is 4.46. The third kappa shape index (κ3) is 2.80. The smallest absolute Gasteiger partial charge is 0.269 e. The number of hydrogen-bond acceptors (Lipinski definition) is 3. The Balaban J connectivity index is 1.62. The number of benzene rings is 2. The van der Waals surface area contributed by atoms with Crippen molar-refractivity contribution in [3.8, 4) is 0 Å². The molecule has 0 saturated carbocycles. The summed E-state index contributed by atoms with van der Waals surface area (Å²) < 4.78 is 0. The van der Waals surface area contributed by atoms with E-state index in [9.17, 15) is 10.1 Å². The lowest BCUT2D eigenvalue weighted by atomic mass is 9.90. The lowest BCUT2D eigenvalue weighted by Crippen LogP contribution is -2.34. The number of nitro benzene ring substituents is 1. The number of nitrogens with zero attached hydrogens (tertiary/aromatic N) is 2. The summed E-state index contributed by atoms with van der Waals surface area (Å²) in [5.74, 6) is 0. The Morgan fingerprint density at radius 3 is 2.08 bits per heavy atom. The van der Waals surface area contributed by atoms with Crippen LogP contribution in [0.25, 0.3) is 12.2 Å². The zero-order valence-electron chi connectivity index (χ0n) is 13.6. The minimum atomic E-state index is -0.368. The molecule has 122 valence electrons. The van der Waals surface area contributed by atoms with E-state index in [2.05, 4.69) is 23.1 Å². The van der Waals surface area contributed by atoms with Crippen LogP contribution in [0.5, 0.6) is 0 Å². The van der Waals surface area contributed by atoms with Gasteiger partial charge in [0.1, 0.15) is 0 Å². The molecule has 0 spiro atoms. The van der Waals surface area contributed by atoms with Gasteiger partial charge in [-0.15, -0.1) is 0 Å². The van der Waals surface area contributed by atoms with Gasteiger partial charge in [-0.05, 0) is 72.2 Å². The normalized spacial score (nSPS) is 16.2.